The molecule has 0 saturated heterocycles. The molecule has 156 valence electrons. The van der Waals surface area contributed by atoms with Crippen LogP contribution in [0.3, 0.4) is 0 Å². The molecule has 1 aromatic heterocycles. The number of ether oxygens (including phenoxy) is 2. The number of rotatable bonds is 9. The van der Waals surface area contributed by atoms with E-state index in [1.54, 1.807) is 64.1 Å². The molecule has 0 unspecified atom stereocenters. The number of amides is 1. The number of hydrogen-bond acceptors (Lipinski definition) is 6. The third-order valence-corrected chi connectivity index (χ3v) is 4.33. The number of H-pyrrole nitrogens is 1. The Kier molecular flexibility index (Phi) is 7.55. The molecule has 0 aliphatic rings. The van der Waals surface area contributed by atoms with Crippen LogP contribution >= 0.6 is 0 Å². The van der Waals surface area contributed by atoms with Crippen LogP contribution in [0.15, 0.2) is 24.3 Å². The zero-order valence-corrected chi connectivity index (χ0v) is 17.4. The third-order valence-electron chi connectivity index (χ3n) is 4.33. The number of benzene rings is 1. The van der Waals surface area contributed by atoms with E-state index in [4.69, 9.17) is 9.47 Å². The Morgan fingerprint density at radius 1 is 1.03 bits per heavy atom. The van der Waals surface area contributed by atoms with Crippen molar-refractivity contribution in [3.05, 3.63) is 46.8 Å². The van der Waals surface area contributed by atoms with Crippen LogP contribution in [0.5, 0.6) is 5.75 Å². The summed E-state index contributed by atoms with van der Waals surface area (Å²) in [6, 6.07) is 6.96. The van der Waals surface area contributed by atoms with Gasteiger partial charge in [0.1, 0.15) is 5.75 Å². The summed E-state index contributed by atoms with van der Waals surface area (Å²) in [6.07, 6.45) is 0. The summed E-state index contributed by atoms with van der Waals surface area (Å²) in [5, 5.41) is 2.77. The van der Waals surface area contributed by atoms with Gasteiger partial charge in [-0.25, -0.2) is 4.79 Å². The van der Waals surface area contributed by atoms with E-state index in [0.717, 1.165) is 0 Å². The van der Waals surface area contributed by atoms with Crippen molar-refractivity contribution in [1.82, 2.24) is 9.88 Å². The van der Waals surface area contributed by atoms with Crippen molar-refractivity contribution in [2.75, 3.05) is 39.2 Å². The van der Waals surface area contributed by atoms with Crippen LogP contribution in [-0.2, 0) is 9.53 Å². The predicted octanol–water partition coefficient (Wildman–Crippen LogP) is 2.57. The third kappa shape index (κ3) is 5.68. The van der Waals surface area contributed by atoms with Crippen LogP contribution in [-0.4, -0.2) is 61.4 Å². The van der Waals surface area contributed by atoms with Crippen LogP contribution < -0.4 is 10.1 Å². The molecule has 1 amide bonds. The van der Waals surface area contributed by atoms with Crippen molar-refractivity contribution >= 4 is 23.3 Å². The Balaban J connectivity index is 2.01. The van der Waals surface area contributed by atoms with Gasteiger partial charge >= 0.3 is 5.97 Å². The topological polar surface area (TPSA) is 101 Å². The first-order valence-corrected chi connectivity index (χ1v) is 9.28. The number of carbonyl (C=O) groups is 3. The summed E-state index contributed by atoms with van der Waals surface area (Å²) in [5.41, 5.74) is 2.39. The maximum Gasteiger partial charge on any atom is 0.340 e. The molecule has 1 aromatic carbocycles. The monoisotopic (exact) mass is 401 g/mol. The van der Waals surface area contributed by atoms with Gasteiger partial charge in [-0.05, 0) is 52.1 Å². The van der Waals surface area contributed by atoms with E-state index < -0.39 is 5.97 Å². The first-order chi connectivity index (χ1) is 13.8. The fourth-order valence-electron chi connectivity index (χ4n) is 3.09. The summed E-state index contributed by atoms with van der Waals surface area (Å²) in [6.45, 7) is 5.40. The lowest BCUT2D eigenvalue weighted by Gasteiger charge is -2.16. The summed E-state index contributed by atoms with van der Waals surface area (Å²) < 4.78 is 10.2. The van der Waals surface area contributed by atoms with Crippen molar-refractivity contribution in [3.63, 3.8) is 0 Å². The molecule has 0 fully saturated rings. The summed E-state index contributed by atoms with van der Waals surface area (Å²) in [5.74, 6) is -0.342. The number of aromatic nitrogens is 1. The lowest BCUT2D eigenvalue weighted by molar-refractivity contribution is -0.116. The number of Topliss-reactive ketones (excluding diaryl/α,β-unsaturated/α-hetero) is 1. The van der Waals surface area contributed by atoms with Gasteiger partial charge in [-0.2, -0.15) is 0 Å². The fraction of sp³-hybridized carbons (Fsp3) is 0.381. The lowest BCUT2D eigenvalue weighted by atomic mass is 10.0. The first-order valence-electron chi connectivity index (χ1n) is 9.28. The van der Waals surface area contributed by atoms with E-state index in [9.17, 15) is 14.4 Å². The number of anilines is 1. The number of ketones is 1. The molecule has 2 rings (SSSR count). The molecule has 2 N–H and O–H groups in total. The lowest BCUT2D eigenvalue weighted by Crippen LogP contribution is -2.34. The SMILES string of the molecule is CCOC(=O)c1c(C)[nH]c(C)c1C(=O)CN(C)CC(=O)Nc1ccc(OC)cc1. The molecule has 0 aliphatic heterocycles. The predicted molar refractivity (Wildman–Crippen MR) is 110 cm³/mol. The Labute approximate surface area is 170 Å². The summed E-state index contributed by atoms with van der Waals surface area (Å²) in [7, 11) is 3.24. The number of methoxy groups -OCH3 is 1. The van der Waals surface area contributed by atoms with Crippen LogP contribution in [0.4, 0.5) is 5.69 Å². The average molecular weight is 401 g/mol. The van der Waals surface area contributed by atoms with Crippen molar-refractivity contribution in [2.24, 2.45) is 0 Å². The number of hydrogen-bond donors (Lipinski definition) is 2. The number of aromatic amines is 1. The largest absolute Gasteiger partial charge is 0.497 e. The first kappa shape index (κ1) is 22.2. The number of nitrogens with zero attached hydrogens (tertiary/aromatic N) is 1. The molecule has 8 heteroatoms. The zero-order chi connectivity index (χ0) is 21.6. The molecule has 1 heterocycles. The molecular formula is C21H27N3O5. The van der Waals surface area contributed by atoms with Gasteiger partial charge in [0.05, 0.1) is 37.9 Å². The van der Waals surface area contributed by atoms with Crippen LogP contribution in [0.25, 0.3) is 0 Å². The maximum absolute atomic E-state index is 12.8. The Hall–Kier alpha value is -3.13. The second kappa shape index (κ2) is 9.88. The van der Waals surface area contributed by atoms with E-state index in [-0.39, 0.29) is 37.0 Å². The fourth-order valence-corrected chi connectivity index (χ4v) is 3.09. The van der Waals surface area contributed by atoms with Gasteiger partial charge in [0.15, 0.2) is 5.78 Å². The average Bonchev–Trinajstić information content (AvgIpc) is 2.96. The molecule has 0 radical (unpaired) electrons. The Morgan fingerprint density at radius 3 is 2.24 bits per heavy atom. The molecule has 0 aliphatic carbocycles. The molecule has 0 atom stereocenters. The molecule has 29 heavy (non-hydrogen) atoms. The summed E-state index contributed by atoms with van der Waals surface area (Å²) >= 11 is 0. The number of nitrogens with one attached hydrogen (secondary N) is 2. The Morgan fingerprint density at radius 2 is 1.66 bits per heavy atom. The minimum absolute atomic E-state index is 0.0133. The van der Waals surface area contributed by atoms with Gasteiger partial charge in [0.25, 0.3) is 0 Å². The maximum atomic E-state index is 12.8. The molecule has 0 bridgehead atoms. The van der Waals surface area contributed by atoms with Crippen molar-refractivity contribution in [3.8, 4) is 5.75 Å². The highest BCUT2D eigenvalue weighted by molar-refractivity contribution is 6.09. The normalized spacial score (nSPS) is 10.7. The number of carbonyl (C=O) groups excluding carboxylic acids is 3. The van der Waals surface area contributed by atoms with Gasteiger partial charge in [-0.3, -0.25) is 14.5 Å². The van der Waals surface area contributed by atoms with Crippen molar-refractivity contribution in [2.45, 2.75) is 20.8 Å². The summed E-state index contributed by atoms with van der Waals surface area (Å²) in [4.78, 5) is 41.9. The van der Waals surface area contributed by atoms with Crippen LogP contribution in [0.1, 0.15) is 39.0 Å². The molecular weight excluding hydrogens is 374 g/mol. The quantitative estimate of drug-likeness (QED) is 0.495. The van der Waals surface area contributed by atoms with Gasteiger partial charge < -0.3 is 19.8 Å². The highest BCUT2D eigenvalue weighted by Gasteiger charge is 2.26. The standard InChI is InChI=1S/C21H27N3O5/c1-6-29-21(27)20-14(3)22-13(2)19(20)17(25)11-24(4)12-18(26)23-15-7-9-16(28-5)10-8-15/h7-10,22H,6,11-12H2,1-5H3,(H,23,26). The minimum atomic E-state index is -0.530. The highest BCUT2D eigenvalue weighted by Crippen LogP contribution is 2.20. The van der Waals surface area contributed by atoms with Crippen LogP contribution in [0.2, 0.25) is 0 Å². The number of likely N-dealkylation sites (N-methyl/N-ethyl adjacent to an activating group) is 1. The minimum Gasteiger partial charge on any atom is -0.497 e. The van der Waals surface area contributed by atoms with Gasteiger partial charge in [0.2, 0.25) is 5.91 Å². The van der Waals surface area contributed by atoms with Crippen LogP contribution in [0, 0.1) is 13.8 Å². The number of aryl methyl sites for hydroxylation is 2. The second-order valence-corrected chi connectivity index (χ2v) is 6.72. The molecule has 0 spiro atoms. The van der Waals surface area contributed by atoms with Gasteiger partial charge in [-0.15, -0.1) is 0 Å². The van der Waals surface area contributed by atoms with E-state index in [1.807, 2.05) is 0 Å². The smallest absolute Gasteiger partial charge is 0.340 e. The van der Waals surface area contributed by atoms with E-state index >= 15 is 0 Å². The molecule has 8 nitrogen and oxygen atoms in total. The van der Waals surface area contributed by atoms with Crippen molar-refractivity contribution < 1.29 is 23.9 Å². The van der Waals surface area contributed by atoms with E-state index in [1.165, 1.54) is 0 Å². The molecule has 2 aromatic rings. The highest BCUT2D eigenvalue weighted by atomic mass is 16.5. The van der Waals surface area contributed by atoms with E-state index in [0.29, 0.717) is 28.4 Å². The Bertz CT molecular complexity index is 886. The van der Waals surface area contributed by atoms with Gasteiger partial charge in [-0.1, -0.05) is 0 Å². The van der Waals surface area contributed by atoms with Gasteiger partial charge in [0, 0.05) is 17.1 Å². The second-order valence-electron chi connectivity index (χ2n) is 6.72. The molecule has 0 saturated carbocycles. The number of esters is 1. The zero-order valence-electron chi connectivity index (χ0n) is 17.4. The van der Waals surface area contributed by atoms with E-state index in [2.05, 4.69) is 10.3 Å². The van der Waals surface area contributed by atoms with Crippen molar-refractivity contribution in [1.29, 1.82) is 0 Å².